The van der Waals surface area contributed by atoms with Crippen molar-refractivity contribution in [3.63, 3.8) is 0 Å². The minimum atomic E-state index is -1.89. The summed E-state index contributed by atoms with van der Waals surface area (Å²) in [5.41, 5.74) is -0.0447. The Hall–Kier alpha value is -2.45. The van der Waals surface area contributed by atoms with Gasteiger partial charge in [-0.05, 0) is 39.3 Å². The molecule has 8 nitrogen and oxygen atoms in total. The van der Waals surface area contributed by atoms with Gasteiger partial charge >= 0.3 is 17.9 Å². The molecule has 6 atom stereocenters. The number of carbonyl (C=O) groups excluding carboxylic acids is 3. The Morgan fingerprint density at radius 2 is 1.97 bits per heavy atom. The van der Waals surface area contributed by atoms with Gasteiger partial charge in [-0.3, -0.25) is 4.79 Å². The van der Waals surface area contributed by atoms with Gasteiger partial charge < -0.3 is 24.1 Å². The summed E-state index contributed by atoms with van der Waals surface area (Å²) in [6, 6.07) is 0. The SMILES string of the molecule is C=C1C(=O)O[C@H]2/C=C(/C)[C@]3(O)O[C@@](C)(C[C@@H]3OC(C)=O)C[C@@H](OC(=O)/C(C)=C/C)[C@@H]12. The largest absolute Gasteiger partial charge is 0.458 e. The molecular weight excluding hydrogens is 392 g/mol. The second-order valence-electron chi connectivity index (χ2n) is 8.44. The first kappa shape index (κ1) is 22.2. The first-order valence-electron chi connectivity index (χ1n) is 9.92. The summed E-state index contributed by atoms with van der Waals surface area (Å²) in [6.07, 6.45) is 0.954. The van der Waals surface area contributed by atoms with E-state index in [2.05, 4.69) is 6.58 Å². The molecule has 30 heavy (non-hydrogen) atoms. The highest BCUT2D eigenvalue weighted by Gasteiger charge is 2.60. The fourth-order valence-corrected chi connectivity index (χ4v) is 4.36. The molecule has 164 valence electrons. The molecule has 3 aliphatic heterocycles. The molecule has 0 saturated carbocycles. The zero-order chi connectivity index (χ0) is 22.4. The van der Waals surface area contributed by atoms with Crippen LogP contribution >= 0.6 is 0 Å². The van der Waals surface area contributed by atoms with Crippen LogP contribution in [0.4, 0.5) is 0 Å². The van der Waals surface area contributed by atoms with Crippen molar-refractivity contribution in [1.82, 2.24) is 0 Å². The fraction of sp³-hybridized carbons (Fsp3) is 0.591. The lowest BCUT2D eigenvalue weighted by Gasteiger charge is -2.32. The quantitative estimate of drug-likeness (QED) is 0.320. The summed E-state index contributed by atoms with van der Waals surface area (Å²) in [5.74, 6) is -4.18. The monoisotopic (exact) mass is 420 g/mol. The zero-order valence-electron chi connectivity index (χ0n) is 17.9. The van der Waals surface area contributed by atoms with Crippen LogP contribution in [0.2, 0.25) is 0 Å². The Labute approximate surface area is 175 Å². The lowest BCUT2D eigenvalue weighted by Crippen LogP contribution is -2.43. The summed E-state index contributed by atoms with van der Waals surface area (Å²) >= 11 is 0. The molecule has 2 saturated heterocycles. The number of fused-ring (bicyclic) bond motifs is 3. The van der Waals surface area contributed by atoms with Crippen LogP contribution in [0.15, 0.2) is 35.5 Å². The lowest BCUT2D eigenvalue weighted by molar-refractivity contribution is -0.231. The van der Waals surface area contributed by atoms with Crippen LogP contribution in [0.3, 0.4) is 0 Å². The van der Waals surface area contributed by atoms with Crippen LogP contribution in [-0.2, 0) is 33.3 Å². The third-order valence-corrected chi connectivity index (χ3v) is 6.05. The van der Waals surface area contributed by atoms with E-state index in [4.69, 9.17) is 18.9 Å². The molecule has 0 radical (unpaired) electrons. The molecule has 0 aromatic carbocycles. The van der Waals surface area contributed by atoms with Crippen LogP contribution in [0.5, 0.6) is 0 Å². The van der Waals surface area contributed by atoms with Crippen LogP contribution in [0.1, 0.15) is 47.5 Å². The summed E-state index contributed by atoms with van der Waals surface area (Å²) < 4.78 is 22.6. The van der Waals surface area contributed by atoms with Crippen molar-refractivity contribution in [1.29, 1.82) is 0 Å². The maximum Gasteiger partial charge on any atom is 0.334 e. The first-order valence-corrected chi connectivity index (χ1v) is 9.92. The van der Waals surface area contributed by atoms with Crippen molar-refractivity contribution in [3.05, 3.63) is 35.5 Å². The minimum absolute atomic E-state index is 0.147. The van der Waals surface area contributed by atoms with Gasteiger partial charge in [0.15, 0.2) is 6.10 Å². The number of hydrogen-bond donors (Lipinski definition) is 1. The van der Waals surface area contributed by atoms with Gasteiger partial charge in [-0.15, -0.1) is 0 Å². The average Bonchev–Trinajstić information content (AvgIpc) is 3.06. The number of aliphatic hydroxyl groups is 1. The molecule has 0 aromatic heterocycles. The predicted octanol–water partition coefficient (Wildman–Crippen LogP) is 2.11. The normalized spacial score (nSPS) is 40.3. The van der Waals surface area contributed by atoms with E-state index >= 15 is 0 Å². The van der Waals surface area contributed by atoms with E-state index in [1.807, 2.05) is 0 Å². The van der Waals surface area contributed by atoms with Crippen molar-refractivity contribution < 1.29 is 38.4 Å². The van der Waals surface area contributed by atoms with Gasteiger partial charge in [0.2, 0.25) is 5.79 Å². The summed E-state index contributed by atoms with van der Waals surface area (Å²) in [7, 11) is 0. The van der Waals surface area contributed by atoms with Crippen molar-refractivity contribution in [3.8, 4) is 0 Å². The van der Waals surface area contributed by atoms with Crippen molar-refractivity contribution in [2.45, 2.75) is 77.2 Å². The Morgan fingerprint density at radius 3 is 2.57 bits per heavy atom. The highest BCUT2D eigenvalue weighted by atomic mass is 16.7. The van der Waals surface area contributed by atoms with E-state index in [0.717, 1.165) is 0 Å². The number of carbonyl (C=O) groups is 3. The Kier molecular flexibility index (Phi) is 5.68. The number of rotatable bonds is 3. The van der Waals surface area contributed by atoms with E-state index in [9.17, 15) is 19.5 Å². The molecule has 0 amide bonds. The molecular formula is C22H28O8. The number of hydrogen-bond acceptors (Lipinski definition) is 8. The van der Waals surface area contributed by atoms with Gasteiger partial charge in [0.1, 0.15) is 12.2 Å². The molecule has 3 heterocycles. The number of ether oxygens (including phenoxy) is 4. The van der Waals surface area contributed by atoms with Gasteiger partial charge in [0, 0.05) is 30.9 Å². The smallest absolute Gasteiger partial charge is 0.334 e. The van der Waals surface area contributed by atoms with Crippen molar-refractivity contribution >= 4 is 17.9 Å². The van der Waals surface area contributed by atoms with Crippen LogP contribution in [0.25, 0.3) is 0 Å². The molecule has 2 bridgehead atoms. The lowest BCUT2D eigenvalue weighted by atomic mass is 9.81. The number of esters is 3. The van der Waals surface area contributed by atoms with Gasteiger partial charge in [0.05, 0.1) is 11.5 Å². The van der Waals surface area contributed by atoms with Crippen molar-refractivity contribution in [2.24, 2.45) is 5.92 Å². The maximum atomic E-state index is 12.5. The van der Waals surface area contributed by atoms with Crippen molar-refractivity contribution in [2.75, 3.05) is 0 Å². The molecule has 3 rings (SSSR count). The van der Waals surface area contributed by atoms with Gasteiger partial charge in [-0.25, -0.2) is 9.59 Å². The highest BCUT2D eigenvalue weighted by molar-refractivity contribution is 5.92. The van der Waals surface area contributed by atoms with E-state index in [-0.39, 0.29) is 18.4 Å². The molecule has 0 spiro atoms. The average molecular weight is 420 g/mol. The summed E-state index contributed by atoms with van der Waals surface area (Å²) in [4.78, 5) is 36.4. The highest BCUT2D eigenvalue weighted by Crippen LogP contribution is 2.49. The molecule has 0 aromatic rings. The van der Waals surface area contributed by atoms with Crippen LogP contribution in [0, 0.1) is 5.92 Å². The minimum Gasteiger partial charge on any atom is -0.458 e. The van der Waals surface area contributed by atoms with Crippen LogP contribution in [-0.4, -0.2) is 52.7 Å². The van der Waals surface area contributed by atoms with Crippen LogP contribution < -0.4 is 0 Å². The van der Waals surface area contributed by atoms with E-state index in [1.165, 1.54) is 6.92 Å². The molecule has 8 heteroatoms. The molecule has 1 N–H and O–H groups in total. The zero-order valence-corrected chi connectivity index (χ0v) is 17.9. The first-order chi connectivity index (χ1) is 13.9. The summed E-state index contributed by atoms with van der Waals surface area (Å²) in [6.45, 7) is 11.8. The predicted molar refractivity (Wildman–Crippen MR) is 105 cm³/mol. The standard InChI is InChI=1S/C22H28O8/c1-7-11(2)19(24)29-16-9-21(6)10-17(27-14(5)23)22(26,30-21)12(3)8-15-18(16)13(4)20(25)28-15/h7-8,15-18,26H,4,9-10H2,1-3,5-6H3/b11-7+,12-8-/t15-,16+,17-,18-,21+,22-/m0/s1. The molecule has 2 fully saturated rings. The van der Waals surface area contributed by atoms with E-state index in [1.54, 1.807) is 39.8 Å². The maximum absolute atomic E-state index is 12.5. The van der Waals surface area contributed by atoms with E-state index < -0.39 is 53.5 Å². The van der Waals surface area contributed by atoms with Gasteiger partial charge in [0.25, 0.3) is 0 Å². The Morgan fingerprint density at radius 1 is 1.30 bits per heavy atom. The summed E-state index contributed by atoms with van der Waals surface area (Å²) in [5, 5.41) is 11.3. The Balaban J connectivity index is 2.07. The third kappa shape index (κ3) is 3.81. The second kappa shape index (κ2) is 7.67. The van der Waals surface area contributed by atoms with Gasteiger partial charge in [-0.1, -0.05) is 12.7 Å². The fourth-order valence-electron chi connectivity index (χ4n) is 4.36. The molecule has 0 unspecified atom stereocenters. The molecule has 3 aliphatic rings. The topological polar surface area (TPSA) is 108 Å². The van der Waals surface area contributed by atoms with E-state index in [0.29, 0.717) is 11.1 Å². The Bertz CT molecular complexity index is 855. The second-order valence-corrected chi connectivity index (χ2v) is 8.44. The van der Waals surface area contributed by atoms with Gasteiger partial charge in [-0.2, -0.15) is 0 Å². The third-order valence-electron chi connectivity index (χ3n) is 6.05. The molecule has 0 aliphatic carbocycles. The number of allylic oxidation sites excluding steroid dienone is 1.